The molecule has 0 saturated carbocycles. The monoisotopic (exact) mass is 748 g/mol. The number of carbonyl (C=O) groups is 1. The van der Waals surface area contributed by atoms with Crippen LogP contribution < -0.4 is 24.4 Å². The average Bonchev–Trinajstić information content (AvgIpc) is 3.30. The fourth-order valence-electron chi connectivity index (χ4n) is 4.83. The molecule has 222 valence electrons. The quantitative estimate of drug-likeness (QED) is 0.141. The van der Waals surface area contributed by atoms with E-state index in [0.29, 0.717) is 55.2 Å². The summed E-state index contributed by atoms with van der Waals surface area (Å²) in [5.41, 5.74) is 3.07. The molecule has 0 unspecified atom stereocenters. The summed E-state index contributed by atoms with van der Waals surface area (Å²) in [7, 11) is 1.34. The van der Waals surface area contributed by atoms with Crippen molar-refractivity contribution in [3.63, 3.8) is 0 Å². The minimum Gasteiger partial charge on any atom is -0.490 e. The van der Waals surface area contributed by atoms with E-state index in [-0.39, 0.29) is 12.2 Å². The highest BCUT2D eigenvalue weighted by atomic mass is 127. The van der Waals surface area contributed by atoms with E-state index < -0.39 is 12.0 Å². The first kappa shape index (κ1) is 31.3. The first-order chi connectivity index (χ1) is 20.7. The summed E-state index contributed by atoms with van der Waals surface area (Å²) in [5, 5.41) is 1.07. The molecule has 1 aliphatic heterocycles. The van der Waals surface area contributed by atoms with Crippen LogP contribution in [-0.2, 0) is 16.1 Å². The number of thiazole rings is 1. The first-order valence-corrected chi connectivity index (χ1v) is 16.1. The highest BCUT2D eigenvalue weighted by Gasteiger charge is 2.33. The number of esters is 1. The van der Waals surface area contributed by atoms with Gasteiger partial charge >= 0.3 is 5.97 Å². The Morgan fingerprint density at radius 2 is 1.86 bits per heavy atom. The summed E-state index contributed by atoms with van der Waals surface area (Å²) < 4.78 is 20.1. The van der Waals surface area contributed by atoms with Gasteiger partial charge in [-0.1, -0.05) is 77.9 Å². The molecule has 3 aromatic carbocycles. The number of halogens is 3. The van der Waals surface area contributed by atoms with Crippen molar-refractivity contribution in [2.45, 2.75) is 32.9 Å². The molecule has 0 saturated heterocycles. The van der Waals surface area contributed by atoms with Crippen LogP contribution in [0.2, 0.25) is 10.0 Å². The van der Waals surface area contributed by atoms with Gasteiger partial charge in [0.15, 0.2) is 16.3 Å². The standard InChI is InChI=1S/C32H27Cl2IN2O5S/c1-4-24-27(31(39)40-3)28(19-9-7-6-8-10-19)37-30(38)26(43-32(37)36-24)15-18-13-23(35)29(25(14-18)41-5-2)42-17-20-11-12-21(33)16-22(20)34/h6-16,28H,4-5,17H2,1-3H3/b26-15+/t28-/m1/s1. The summed E-state index contributed by atoms with van der Waals surface area (Å²) in [5.74, 6) is 0.614. The molecule has 11 heteroatoms. The molecule has 0 bridgehead atoms. The van der Waals surface area contributed by atoms with Crippen molar-refractivity contribution in [2.75, 3.05) is 13.7 Å². The minimum atomic E-state index is -0.656. The summed E-state index contributed by atoms with van der Waals surface area (Å²) in [6, 6.07) is 17.8. The molecule has 0 fully saturated rings. The number of fused-ring (bicyclic) bond motifs is 1. The van der Waals surface area contributed by atoms with Crippen molar-refractivity contribution >= 4 is 69.2 Å². The summed E-state index contributed by atoms with van der Waals surface area (Å²) in [4.78, 5) is 32.2. The largest absolute Gasteiger partial charge is 0.490 e. The third-order valence-corrected chi connectivity index (χ3v) is 9.15. The van der Waals surface area contributed by atoms with Crippen molar-refractivity contribution in [2.24, 2.45) is 4.99 Å². The van der Waals surface area contributed by atoms with E-state index in [2.05, 4.69) is 22.6 Å². The van der Waals surface area contributed by atoms with E-state index in [4.69, 9.17) is 42.4 Å². The number of hydrogen-bond donors (Lipinski definition) is 0. The molecule has 0 aliphatic carbocycles. The van der Waals surface area contributed by atoms with Gasteiger partial charge in [0.2, 0.25) is 0 Å². The molecule has 1 aliphatic rings. The fourth-order valence-corrected chi connectivity index (χ4v) is 7.09. The number of ether oxygens (including phenoxy) is 3. The molecule has 1 atom stereocenters. The molecule has 4 aromatic rings. The van der Waals surface area contributed by atoms with Gasteiger partial charge in [0.25, 0.3) is 5.56 Å². The second-order valence-electron chi connectivity index (χ2n) is 9.49. The number of nitrogens with zero attached hydrogens (tertiary/aromatic N) is 2. The third kappa shape index (κ3) is 6.55. The van der Waals surface area contributed by atoms with Crippen LogP contribution in [0.25, 0.3) is 6.08 Å². The molecular weight excluding hydrogens is 722 g/mol. The third-order valence-electron chi connectivity index (χ3n) is 6.78. The van der Waals surface area contributed by atoms with Crippen LogP contribution in [-0.4, -0.2) is 24.3 Å². The van der Waals surface area contributed by atoms with Crippen LogP contribution in [0.4, 0.5) is 0 Å². The van der Waals surface area contributed by atoms with Gasteiger partial charge < -0.3 is 14.2 Å². The predicted octanol–water partition coefficient (Wildman–Crippen LogP) is 6.69. The van der Waals surface area contributed by atoms with Crippen molar-refractivity contribution < 1.29 is 19.0 Å². The van der Waals surface area contributed by atoms with Gasteiger partial charge in [-0.3, -0.25) is 9.36 Å². The van der Waals surface area contributed by atoms with Crippen molar-refractivity contribution in [3.8, 4) is 11.5 Å². The molecule has 5 rings (SSSR count). The van der Waals surface area contributed by atoms with Crippen molar-refractivity contribution in [3.05, 3.63) is 122 Å². The zero-order valence-corrected chi connectivity index (χ0v) is 28.0. The number of carbonyl (C=O) groups excluding carboxylic acids is 1. The van der Waals surface area contributed by atoms with Gasteiger partial charge in [-0.15, -0.1) is 0 Å². The highest BCUT2D eigenvalue weighted by molar-refractivity contribution is 14.1. The molecule has 1 aromatic heterocycles. The van der Waals surface area contributed by atoms with E-state index in [9.17, 15) is 9.59 Å². The average molecular weight is 749 g/mol. The Kier molecular flexibility index (Phi) is 9.95. The van der Waals surface area contributed by atoms with Crippen molar-refractivity contribution in [1.82, 2.24) is 4.57 Å². The van der Waals surface area contributed by atoms with E-state index in [1.54, 1.807) is 16.7 Å². The smallest absolute Gasteiger partial charge is 0.338 e. The van der Waals surface area contributed by atoms with E-state index >= 15 is 0 Å². The Bertz CT molecular complexity index is 1900. The van der Waals surface area contributed by atoms with Gasteiger partial charge in [0, 0.05) is 15.6 Å². The van der Waals surface area contributed by atoms with Gasteiger partial charge in [-0.25, -0.2) is 9.79 Å². The molecule has 43 heavy (non-hydrogen) atoms. The highest BCUT2D eigenvalue weighted by Crippen LogP contribution is 2.36. The Hall–Kier alpha value is -3.12. The summed E-state index contributed by atoms with van der Waals surface area (Å²) in [6.45, 7) is 4.48. The zero-order chi connectivity index (χ0) is 30.7. The minimum absolute atomic E-state index is 0.228. The lowest BCUT2D eigenvalue weighted by Crippen LogP contribution is -2.40. The maximum absolute atomic E-state index is 14.0. The number of allylic oxidation sites excluding steroid dienone is 1. The van der Waals surface area contributed by atoms with Gasteiger partial charge in [0.05, 0.1) is 39.1 Å². The maximum Gasteiger partial charge on any atom is 0.338 e. The summed E-state index contributed by atoms with van der Waals surface area (Å²) in [6.07, 6.45) is 2.32. The number of benzene rings is 3. The summed E-state index contributed by atoms with van der Waals surface area (Å²) >= 11 is 15.8. The second-order valence-corrected chi connectivity index (χ2v) is 12.5. The first-order valence-electron chi connectivity index (χ1n) is 13.5. The molecule has 0 amide bonds. The van der Waals surface area contributed by atoms with E-state index in [0.717, 1.165) is 20.3 Å². The van der Waals surface area contributed by atoms with Crippen LogP contribution in [0.15, 0.2) is 81.7 Å². The van der Waals surface area contributed by atoms with Crippen LogP contribution in [0.5, 0.6) is 11.5 Å². The van der Waals surface area contributed by atoms with Crippen LogP contribution in [0.1, 0.15) is 43.0 Å². The van der Waals surface area contributed by atoms with Gasteiger partial charge in [-0.05, 0) is 77.4 Å². The lowest BCUT2D eigenvalue weighted by Gasteiger charge is -2.25. The second kappa shape index (κ2) is 13.7. The Balaban J connectivity index is 1.59. The topological polar surface area (TPSA) is 79.1 Å². The SMILES string of the molecule is CCOc1cc(/C=c2/sc3n(c2=O)[C@H](c2ccccc2)C(C(=O)OC)=C(CC)N=3)cc(I)c1OCc1ccc(Cl)cc1Cl. The maximum atomic E-state index is 14.0. The van der Waals surface area contributed by atoms with E-state index in [1.807, 2.05) is 68.5 Å². The lowest BCUT2D eigenvalue weighted by molar-refractivity contribution is -0.136. The Labute approximate surface area is 276 Å². The molecule has 7 nitrogen and oxygen atoms in total. The number of rotatable bonds is 9. The van der Waals surface area contributed by atoms with Crippen LogP contribution in [0, 0.1) is 3.57 Å². The molecule has 0 N–H and O–H groups in total. The predicted molar refractivity (Wildman–Crippen MR) is 178 cm³/mol. The van der Waals surface area contributed by atoms with Crippen molar-refractivity contribution in [1.29, 1.82) is 0 Å². The zero-order valence-electron chi connectivity index (χ0n) is 23.5. The van der Waals surface area contributed by atoms with E-state index in [1.165, 1.54) is 18.4 Å². The number of aromatic nitrogens is 1. The van der Waals surface area contributed by atoms with Crippen LogP contribution in [0.3, 0.4) is 0 Å². The number of methoxy groups -OCH3 is 1. The Morgan fingerprint density at radius 1 is 1.09 bits per heavy atom. The van der Waals surface area contributed by atoms with Crippen LogP contribution >= 0.6 is 57.1 Å². The fraction of sp³-hybridized carbons (Fsp3) is 0.219. The Morgan fingerprint density at radius 3 is 2.53 bits per heavy atom. The van der Waals surface area contributed by atoms with Gasteiger partial charge in [0.1, 0.15) is 6.61 Å². The molecule has 0 spiro atoms. The lowest BCUT2D eigenvalue weighted by atomic mass is 9.95. The van der Waals surface area contributed by atoms with Gasteiger partial charge in [-0.2, -0.15) is 0 Å². The molecule has 0 radical (unpaired) electrons. The molecule has 2 heterocycles. The normalized spacial score (nSPS) is 14.7. The number of hydrogen-bond acceptors (Lipinski definition) is 7. The molecular formula is C32H27Cl2IN2O5S.